The van der Waals surface area contributed by atoms with Crippen molar-refractivity contribution in [3.8, 4) is 0 Å². The molecule has 1 fully saturated rings. The van der Waals surface area contributed by atoms with Crippen molar-refractivity contribution >= 4 is 17.9 Å². The summed E-state index contributed by atoms with van der Waals surface area (Å²) in [4.78, 5) is 34.3. The lowest BCUT2D eigenvalue weighted by Gasteiger charge is -2.52. The van der Waals surface area contributed by atoms with Gasteiger partial charge in [-0.3, -0.25) is 9.69 Å². The van der Waals surface area contributed by atoms with Crippen molar-refractivity contribution in [1.29, 1.82) is 0 Å². The second-order valence-electron chi connectivity index (χ2n) is 7.17. The zero-order valence-corrected chi connectivity index (χ0v) is 14.9. The molecule has 2 heterocycles. The number of aromatic amines is 1. The van der Waals surface area contributed by atoms with Gasteiger partial charge in [0.15, 0.2) is 5.16 Å². The zero-order valence-electron chi connectivity index (χ0n) is 14.1. The minimum atomic E-state index is -0.533. The van der Waals surface area contributed by atoms with Crippen LogP contribution in [0.3, 0.4) is 0 Å². The third-order valence-corrected chi connectivity index (χ3v) is 5.10. The Morgan fingerprint density at radius 3 is 2.61 bits per heavy atom. The summed E-state index contributed by atoms with van der Waals surface area (Å²) in [5, 5.41) is 0.603. The van der Waals surface area contributed by atoms with Gasteiger partial charge in [-0.05, 0) is 52.7 Å². The number of aromatic nitrogens is 2. The Bertz CT molecular complexity index is 689. The van der Waals surface area contributed by atoms with Crippen molar-refractivity contribution in [2.75, 3.05) is 12.8 Å². The van der Waals surface area contributed by atoms with Gasteiger partial charge in [0.2, 0.25) is 0 Å². The van der Waals surface area contributed by atoms with E-state index in [2.05, 4.69) is 9.97 Å². The summed E-state index contributed by atoms with van der Waals surface area (Å²) in [7, 11) is 0. The lowest BCUT2D eigenvalue weighted by molar-refractivity contribution is -0.0364. The highest BCUT2D eigenvalue weighted by molar-refractivity contribution is 7.98. The smallest absolute Gasteiger partial charge is 0.411 e. The first-order valence-corrected chi connectivity index (χ1v) is 9.17. The van der Waals surface area contributed by atoms with Crippen LogP contribution < -0.4 is 5.56 Å². The Morgan fingerprint density at radius 2 is 2.09 bits per heavy atom. The van der Waals surface area contributed by atoms with E-state index in [1.54, 1.807) is 4.90 Å². The van der Waals surface area contributed by atoms with Gasteiger partial charge in [-0.15, -0.1) is 0 Å². The van der Waals surface area contributed by atoms with Crippen LogP contribution in [0.15, 0.2) is 9.95 Å². The van der Waals surface area contributed by atoms with Crippen LogP contribution in [-0.4, -0.2) is 39.4 Å². The van der Waals surface area contributed by atoms with Gasteiger partial charge in [-0.25, -0.2) is 9.78 Å². The maximum absolute atomic E-state index is 12.7. The predicted molar refractivity (Wildman–Crippen MR) is 88.8 cm³/mol. The molecule has 0 unspecified atom stereocenters. The molecule has 1 aliphatic heterocycles. The van der Waals surface area contributed by atoms with Gasteiger partial charge in [0.25, 0.3) is 5.56 Å². The fourth-order valence-electron chi connectivity index (χ4n) is 3.36. The van der Waals surface area contributed by atoms with Crippen LogP contribution in [0.4, 0.5) is 4.79 Å². The number of ether oxygens (including phenoxy) is 1. The minimum absolute atomic E-state index is 0.0746. The minimum Gasteiger partial charge on any atom is -0.444 e. The maximum atomic E-state index is 12.7. The van der Waals surface area contributed by atoms with Gasteiger partial charge < -0.3 is 9.72 Å². The Hall–Kier alpha value is -1.50. The molecular weight excluding hydrogens is 314 g/mol. The van der Waals surface area contributed by atoms with Crippen molar-refractivity contribution < 1.29 is 9.53 Å². The molecule has 0 atom stereocenters. The van der Waals surface area contributed by atoms with Crippen LogP contribution >= 0.6 is 11.8 Å². The summed E-state index contributed by atoms with van der Waals surface area (Å²) in [6.45, 7) is 6.10. The predicted octanol–water partition coefficient (Wildman–Crippen LogP) is 2.66. The van der Waals surface area contributed by atoms with Gasteiger partial charge in [-0.1, -0.05) is 11.8 Å². The fourth-order valence-corrected chi connectivity index (χ4v) is 3.73. The summed E-state index contributed by atoms with van der Waals surface area (Å²) < 4.78 is 5.58. The number of H-pyrrole nitrogens is 1. The molecule has 1 spiro atoms. The normalized spacial score (nSPS) is 19.2. The molecule has 0 aromatic carbocycles. The number of rotatable bonds is 1. The van der Waals surface area contributed by atoms with Crippen molar-refractivity contribution in [2.24, 2.45) is 0 Å². The molecule has 1 saturated carbocycles. The molecule has 0 saturated heterocycles. The number of hydrogen-bond acceptors (Lipinski definition) is 5. The Balaban J connectivity index is 2.03. The van der Waals surface area contributed by atoms with Crippen LogP contribution in [0.2, 0.25) is 0 Å². The van der Waals surface area contributed by atoms with Crippen molar-refractivity contribution in [1.82, 2.24) is 14.9 Å². The monoisotopic (exact) mass is 337 g/mol. The average molecular weight is 337 g/mol. The van der Waals surface area contributed by atoms with Crippen LogP contribution in [0.1, 0.15) is 51.3 Å². The molecule has 1 aromatic rings. The van der Waals surface area contributed by atoms with Crippen molar-refractivity contribution in [3.63, 3.8) is 0 Å². The van der Waals surface area contributed by atoms with Gasteiger partial charge >= 0.3 is 6.09 Å². The molecule has 6 nitrogen and oxygen atoms in total. The standard InChI is InChI=1S/C16H23N3O3S/c1-15(2,3)22-14(21)19-9-6-10-11(16(19)7-5-8-16)17-13(23-4)18-12(10)20/h5-9H2,1-4H3,(H,17,18,20). The number of carbonyl (C=O) groups excluding carboxylic acids is 1. The number of thioether (sulfide) groups is 1. The first kappa shape index (κ1) is 16.4. The van der Waals surface area contributed by atoms with Crippen LogP contribution in [0.25, 0.3) is 0 Å². The van der Waals surface area contributed by atoms with E-state index in [1.165, 1.54) is 11.8 Å². The van der Waals surface area contributed by atoms with Gasteiger partial charge in [0.05, 0.1) is 11.2 Å². The van der Waals surface area contributed by atoms with Gasteiger partial charge in [0.1, 0.15) is 5.60 Å². The zero-order chi connectivity index (χ0) is 16.8. The average Bonchev–Trinajstić information content (AvgIpc) is 2.42. The number of amides is 1. The topological polar surface area (TPSA) is 75.3 Å². The molecule has 1 aromatic heterocycles. The van der Waals surface area contributed by atoms with Crippen molar-refractivity contribution in [3.05, 3.63) is 21.6 Å². The first-order valence-electron chi connectivity index (χ1n) is 7.95. The van der Waals surface area contributed by atoms with E-state index < -0.39 is 11.1 Å². The van der Waals surface area contributed by atoms with E-state index in [0.29, 0.717) is 18.1 Å². The second kappa shape index (κ2) is 5.54. The summed E-state index contributed by atoms with van der Waals surface area (Å²) in [5.41, 5.74) is 0.425. The fraction of sp³-hybridized carbons (Fsp3) is 0.688. The van der Waals surface area contributed by atoms with Crippen LogP contribution in [0.5, 0.6) is 0 Å². The van der Waals surface area contributed by atoms with E-state index in [9.17, 15) is 9.59 Å². The second-order valence-corrected chi connectivity index (χ2v) is 7.96. The summed E-state index contributed by atoms with van der Waals surface area (Å²) >= 11 is 1.41. The van der Waals surface area contributed by atoms with Crippen LogP contribution in [0, 0.1) is 0 Å². The molecule has 1 aliphatic carbocycles. The van der Waals surface area contributed by atoms with E-state index in [1.807, 2.05) is 27.0 Å². The Labute approximate surface area is 140 Å². The van der Waals surface area contributed by atoms with Crippen LogP contribution in [-0.2, 0) is 16.7 Å². The van der Waals surface area contributed by atoms with Gasteiger partial charge in [0, 0.05) is 12.1 Å². The quantitative estimate of drug-likeness (QED) is 0.630. The molecule has 3 rings (SSSR count). The molecule has 0 radical (unpaired) electrons. The molecule has 1 amide bonds. The van der Waals surface area contributed by atoms with E-state index >= 15 is 0 Å². The molecular formula is C16H23N3O3S. The number of nitrogens with zero attached hydrogens (tertiary/aromatic N) is 2. The largest absolute Gasteiger partial charge is 0.444 e. The first-order chi connectivity index (χ1) is 10.8. The molecule has 126 valence electrons. The molecule has 23 heavy (non-hydrogen) atoms. The number of fused-ring (bicyclic) bond motifs is 2. The molecule has 7 heteroatoms. The summed E-state index contributed by atoms with van der Waals surface area (Å²) in [6, 6.07) is 0. The summed E-state index contributed by atoms with van der Waals surface area (Å²) in [6.07, 6.45) is 4.80. The van der Waals surface area contributed by atoms with E-state index in [4.69, 9.17) is 4.74 Å². The Kier molecular flexibility index (Phi) is 3.94. The third-order valence-electron chi connectivity index (χ3n) is 4.52. The molecule has 1 N–H and O–H groups in total. The lowest BCUT2D eigenvalue weighted by atomic mass is 9.69. The Morgan fingerprint density at radius 1 is 1.39 bits per heavy atom. The lowest BCUT2D eigenvalue weighted by Crippen LogP contribution is -2.59. The number of hydrogen-bond donors (Lipinski definition) is 1. The SMILES string of the molecule is CSc1nc2c(c(=O)[nH]1)CCN(C(=O)OC(C)(C)C)C21CCC1. The highest BCUT2D eigenvalue weighted by Crippen LogP contribution is 2.49. The highest BCUT2D eigenvalue weighted by atomic mass is 32.2. The van der Waals surface area contributed by atoms with E-state index in [-0.39, 0.29) is 11.7 Å². The van der Waals surface area contributed by atoms with E-state index in [0.717, 1.165) is 30.5 Å². The number of carbonyl (C=O) groups is 1. The van der Waals surface area contributed by atoms with Gasteiger partial charge in [-0.2, -0.15) is 0 Å². The van der Waals surface area contributed by atoms with Crippen molar-refractivity contribution in [2.45, 2.75) is 62.8 Å². The molecule has 2 aliphatic rings. The molecule has 0 bridgehead atoms. The number of nitrogens with one attached hydrogen (secondary N) is 1. The summed E-state index contributed by atoms with van der Waals surface area (Å²) in [5.74, 6) is 0. The third kappa shape index (κ3) is 2.75. The maximum Gasteiger partial charge on any atom is 0.411 e. The highest BCUT2D eigenvalue weighted by Gasteiger charge is 2.52.